The highest BCUT2D eigenvalue weighted by molar-refractivity contribution is 5.83. The minimum Gasteiger partial charge on any atom is -0.340 e. The van der Waals surface area contributed by atoms with Crippen molar-refractivity contribution in [3.8, 4) is 0 Å². The van der Waals surface area contributed by atoms with E-state index < -0.39 is 0 Å². The molecule has 2 rings (SSSR count). The van der Waals surface area contributed by atoms with Crippen molar-refractivity contribution in [3.05, 3.63) is 48.6 Å². The minimum atomic E-state index is 0.00199. The molecule has 0 spiro atoms. The van der Waals surface area contributed by atoms with Gasteiger partial charge in [0.2, 0.25) is 5.91 Å². The van der Waals surface area contributed by atoms with E-state index in [9.17, 15) is 4.79 Å². The Morgan fingerprint density at radius 1 is 1.25 bits per heavy atom. The molecule has 1 heterocycles. The molecular weight excluding hydrogens is 248 g/mol. The van der Waals surface area contributed by atoms with Crippen molar-refractivity contribution in [1.29, 1.82) is 0 Å². The van der Waals surface area contributed by atoms with Crippen LogP contribution in [0.15, 0.2) is 43.0 Å². The summed E-state index contributed by atoms with van der Waals surface area (Å²) in [6, 6.07) is 10.1. The molecule has 0 N–H and O–H groups in total. The monoisotopic (exact) mass is 272 g/mol. The molecule has 1 amide bonds. The predicted octanol–water partition coefficient (Wildman–Crippen LogP) is 2.51. The molecule has 0 aromatic heterocycles. The summed E-state index contributed by atoms with van der Waals surface area (Å²) >= 11 is 0. The Balaban J connectivity index is 1.98. The third kappa shape index (κ3) is 3.48. The fourth-order valence-electron chi connectivity index (χ4n) is 2.79. The Kier molecular flexibility index (Phi) is 5.36. The van der Waals surface area contributed by atoms with E-state index in [1.807, 2.05) is 29.2 Å². The minimum absolute atomic E-state index is 0.00199. The number of hydrogen-bond donors (Lipinski definition) is 0. The molecule has 3 nitrogen and oxygen atoms in total. The number of hydrogen-bond acceptors (Lipinski definition) is 2. The Hall–Kier alpha value is -1.61. The van der Waals surface area contributed by atoms with E-state index in [4.69, 9.17) is 0 Å². The molecule has 108 valence electrons. The first-order chi connectivity index (χ1) is 9.76. The summed E-state index contributed by atoms with van der Waals surface area (Å²) in [5.74, 6) is 0.277. The van der Waals surface area contributed by atoms with E-state index in [0.29, 0.717) is 0 Å². The Morgan fingerprint density at radius 3 is 2.45 bits per heavy atom. The van der Waals surface area contributed by atoms with Gasteiger partial charge in [0, 0.05) is 32.7 Å². The van der Waals surface area contributed by atoms with Gasteiger partial charge in [-0.3, -0.25) is 9.69 Å². The standard InChI is InChI=1S/C17H24N2O/c1-3-10-18-11-13-19(14-12-18)17(20)16(4-2)15-8-6-5-7-9-15/h3,5-9,16H,1,4,10-14H2,2H3/t16-/m1/s1. The molecule has 0 bridgehead atoms. The molecule has 0 saturated carbocycles. The van der Waals surface area contributed by atoms with Crippen LogP contribution in [-0.4, -0.2) is 48.4 Å². The maximum absolute atomic E-state index is 12.7. The Morgan fingerprint density at radius 2 is 1.90 bits per heavy atom. The molecule has 1 saturated heterocycles. The average Bonchev–Trinajstić information content (AvgIpc) is 2.50. The van der Waals surface area contributed by atoms with Gasteiger partial charge in [-0.05, 0) is 12.0 Å². The molecule has 0 aliphatic carbocycles. The molecule has 0 radical (unpaired) electrons. The highest BCUT2D eigenvalue weighted by Crippen LogP contribution is 2.22. The molecule has 1 aromatic rings. The van der Waals surface area contributed by atoms with Crippen LogP contribution in [-0.2, 0) is 4.79 Å². The van der Waals surface area contributed by atoms with Crippen LogP contribution in [0.4, 0.5) is 0 Å². The van der Waals surface area contributed by atoms with Crippen molar-refractivity contribution in [2.75, 3.05) is 32.7 Å². The van der Waals surface area contributed by atoms with Gasteiger partial charge in [0.1, 0.15) is 0 Å². The van der Waals surface area contributed by atoms with Crippen LogP contribution in [0, 0.1) is 0 Å². The number of rotatable bonds is 5. The summed E-state index contributed by atoms with van der Waals surface area (Å²) < 4.78 is 0. The largest absolute Gasteiger partial charge is 0.340 e. The maximum Gasteiger partial charge on any atom is 0.230 e. The fraction of sp³-hybridized carbons (Fsp3) is 0.471. The quantitative estimate of drug-likeness (QED) is 0.769. The van der Waals surface area contributed by atoms with Crippen LogP contribution >= 0.6 is 0 Å². The van der Waals surface area contributed by atoms with E-state index in [1.165, 1.54) is 0 Å². The zero-order chi connectivity index (χ0) is 14.4. The van der Waals surface area contributed by atoms with Crippen molar-refractivity contribution in [2.24, 2.45) is 0 Å². The predicted molar refractivity (Wildman–Crippen MR) is 82.7 cm³/mol. The molecule has 1 atom stereocenters. The number of carbonyl (C=O) groups is 1. The van der Waals surface area contributed by atoms with Crippen LogP contribution in [0.1, 0.15) is 24.8 Å². The van der Waals surface area contributed by atoms with Crippen molar-refractivity contribution in [2.45, 2.75) is 19.3 Å². The molecule has 3 heteroatoms. The number of carbonyl (C=O) groups excluding carboxylic acids is 1. The lowest BCUT2D eigenvalue weighted by molar-refractivity contribution is -0.134. The fourth-order valence-corrected chi connectivity index (χ4v) is 2.79. The third-order valence-electron chi connectivity index (χ3n) is 3.98. The molecule has 0 unspecified atom stereocenters. The van der Waals surface area contributed by atoms with Crippen LogP contribution < -0.4 is 0 Å². The van der Waals surface area contributed by atoms with Gasteiger partial charge in [0.25, 0.3) is 0 Å². The van der Waals surface area contributed by atoms with E-state index in [-0.39, 0.29) is 11.8 Å². The second-order valence-corrected chi connectivity index (χ2v) is 5.29. The third-order valence-corrected chi connectivity index (χ3v) is 3.98. The second-order valence-electron chi connectivity index (χ2n) is 5.29. The summed E-state index contributed by atoms with van der Waals surface area (Å²) in [5.41, 5.74) is 1.13. The zero-order valence-corrected chi connectivity index (χ0v) is 12.3. The summed E-state index contributed by atoms with van der Waals surface area (Å²) in [7, 11) is 0. The van der Waals surface area contributed by atoms with Gasteiger partial charge in [-0.2, -0.15) is 0 Å². The van der Waals surface area contributed by atoms with E-state index in [0.717, 1.165) is 44.7 Å². The van der Waals surface area contributed by atoms with Gasteiger partial charge in [0.15, 0.2) is 0 Å². The topological polar surface area (TPSA) is 23.6 Å². The molecule has 1 aliphatic rings. The first-order valence-electron chi connectivity index (χ1n) is 7.43. The van der Waals surface area contributed by atoms with Crippen molar-refractivity contribution in [3.63, 3.8) is 0 Å². The lowest BCUT2D eigenvalue weighted by Gasteiger charge is -2.36. The average molecular weight is 272 g/mol. The van der Waals surface area contributed by atoms with Crippen LogP contribution in [0.2, 0.25) is 0 Å². The summed E-state index contributed by atoms with van der Waals surface area (Å²) in [6.07, 6.45) is 2.78. The summed E-state index contributed by atoms with van der Waals surface area (Å²) in [4.78, 5) is 17.0. The van der Waals surface area contributed by atoms with Crippen molar-refractivity contribution >= 4 is 5.91 Å². The number of nitrogens with zero attached hydrogens (tertiary/aromatic N) is 2. The van der Waals surface area contributed by atoms with Crippen molar-refractivity contribution < 1.29 is 4.79 Å². The summed E-state index contributed by atoms with van der Waals surface area (Å²) in [5, 5.41) is 0. The smallest absolute Gasteiger partial charge is 0.230 e. The van der Waals surface area contributed by atoms with Crippen LogP contribution in [0.5, 0.6) is 0 Å². The van der Waals surface area contributed by atoms with Gasteiger partial charge in [0.05, 0.1) is 5.92 Å². The van der Waals surface area contributed by atoms with Crippen LogP contribution in [0.3, 0.4) is 0 Å². The summed E-state index contributed by atoms with van der Waals surface area (Å²) in [6.45, 7) is 10.3. The van der Waals surface area contributed by atoms with Crippen molar-refractivity contribution in [1.82, 2.24) is 9.80 Å². The molecule has 20 heavy (non-hydrogen) atoms. The number of piperazine rings is 1. The van der Waals surface area contributed by atoms with Gasteiger partial charge in [-0.25, -0.2) is 0 Å². The highest BCUT2D eigenvalue weighted by Gasteiger charge is 2.26. The van der Waals surface area contributed by atoms with Gasteiger partial charge in [-0.1, -0.05) is 43.3 Å². The first kappa shape index (κ1) is 14.8. The normalized spacial score (nSPS) is 17.8. The lowest BCUT2D eigenvalue weighted by atomic mass is 9.95. The Bertz CT molecular complexity index is 436. The maximum atomic E-state index is 12.7. The van der Waals surface area contributed by atoms with Gasteiger partial charge in [-0.15, -0.1) is 6.58 Å². The van der Waals surface area contributed by atoms with E-state index in [1.54, 1.807) is 0 Å². The first-order valence-corrected chi connectivity index (χ1v) is 7.43. The van der Waals surface area contributed by atoms with E-state index in [2.05, 4.69) is 30.5 Å². The SMILES string of the molecule is C=CCN1CCN(C(=O)[C@H](CC)c2ccccc2)CC1. The second kappa shape index (κ2) is 7.25. The van der Waals surface area contributed by atoms with Gasteiger partial charge >= 0.3 is 0 Å². The molecule has 1 aromatic carbocycles. The highest BCUT2D eigenvalue weighted by atomic mass is 16.2. The molecule has 1 aliphatic heterocycles. The van der Waals surface area contributed by atoms with E-state index >= 15 is 0 Å². The lowest BCUT2D eigenvalue weighted by Crippen LogP contribution is -2.49. The van der Waals surface area contributed by atoms with Crippen LogP contribution in [0.25, 0.3) is 0 Å². The molecular formula is C17H24N2O. The number of benzene rings is 1. The Labute approximate surface area is 121 Å². The molecule has 1 fully saturated rings. The number of amides is 1. The van der Waals surface area contributed by atoms with Gasteiger partial charge < -0.3 is 4.90 Å². The zero-order valence-electron chi connectivity index (χ0n) is 12.3.